The van der Waals surface area contributed by atoms with Crippen molar-refractivity contribution in [3.63, 3.8) is 0 Å². The maximum Gasteiger partial charge on any atom is 0.352 e. The summed E-state index contributed by atoms with van der Waals surface area (Å²) >= 11 is 2.31. The number of nitrogens with one attached hydrogen (secondary N) is 1. The average molecular weight is 612 g/mol. The Kier molecular flexibility index (Phi) is 7.34. The molecule has 3 aromatic rings. The SMILES string of the molecule is CC(C)(O/N=C(\C(=O)N[C@@H]1C(=O)N2C(C(=O)O)=C(C[n+]3ccn4cc(C#N)ccc43)CS[C@H]12)c1csc(N)n1)C(=O)O. The van der Waals surface area contributed by atoms with Crippen molar-refractivity contribution in [2.24, 2.45) is 5.16 Å². The van der Waals surface area contributed by atoms with E-state index in [9.17, 15) is 29.4 Å². The van der Waals surface area contributed by atoms with E-state index in [1.165, 1.54) is 31.0 Å². The van der Waals surface area contributed by atoms with Crippen LogP contribution in [0.2, 0.25) is 0 Å². The second kappa shape index (κ2) is 10.8. The standard InChI is InChI=1S/C25H22N8O7S2/c1-25(2,23(38)39)40-30-16(14-11-42-24(27)28-14)19(34)29-17-20(35)33-18(22(36)37)13(10-41-21(17)33)9-32-6-5-31-8-12(7-26)3-4-15(31)32/h3-6,8,11,17,21H,9-10H2,1-2H3,(H4-,27,28,29,34,36,37,38,39)/p+1/b30-16-/t17-,21-/m1/s1. The van der Waals surface area contributed by atoms with Crippen LogP contribution in [0.15, 0.2) is 52.5 Å². The highest BCUT2D eigenvalue weighted by atomic mass is 32.2. The zero-order valence-electron chi connectivity index (χ0n) is 22.0. The van der Waals surface area contributed by atoms with Crippen molar-refractivity contribution in [3.8, 4) is 6.07 Å². The lowest BCUT2D eigenvalue weighted by Gasteiger charge is -2.49. The summed E-state index contributed by atoms with van der Waals surface area (Å²) in [6, 6.07) is 4.38. The van der Waals surface area contributed by atoms with Gasteiger partial charge in [-0.2, -0.15) is 5.26 Å². The molecule has 0 saturated carbocycles. The fourth-order valence-corrected chi connectivity index (χ4v) is 6.20. The maximum absolute atomic E-state index is 13.2. The number of hydrogen-bond acceptors (Lipinski definition) is 11. The number of thioether (sulfide) groups is 1. The van der Waals surface area contributed by atoms with E-state index in [2.05, 4.69) is 21.5 Å². The van der Waals surface area contributed by atoms with Crippen LogP contribution in [0.3, 0.4) is 0 Å². The number of imidazole rings is 1. The van der Waals surface area contributed by atoms with Crippen molar-refractivity contribution in [1.82, 2.24) is 19.6 Å². The Bertz CT molecular complexity index is 1750. The van der Waals surface area contributed by atoms with Gasteiger partial charge in [-0.25, -0.2) is 23.5 Å². The van der Waals surface area contributed by atoms with E-state index < -0.39 is 46.5 Å². The van der Waals surface area contributed by atoms with Gasteiger partial charge in [0, 0.05) is 22.8 Å². The summed E-state index contributed by atoms with van der Waals surface area (Å²) in [6.07, 6.45) is 5.15. The minimum atomic E-state index is -1.77. The zero-order valence-corrected chi connectivity index (χ0v) is 23.7. The molecule has 1 fully saturated rings. The molecule has 5 rings (SSSR count). The third kappa shape index (κ3) is 5.12. The van der Waals surface area contributed by atoms with Gasteiger partial charge >= 0.3 is 11.9 Å². The first kappa shape index (κ1) is 28.6. The molecule has 216 valence electrons. The van der Waals surface area contributed by atoms with Crippen LogP contribution in [0.5, 0.6) is 0 Å². The lowest BCUT2D eigenvalue weighted by atomic mass is 10.0. The molecule has 2 aliphatic rings. The number of carbonyl (C=O) groups is 4. The van der Waals surface area contributed by atoms with Crippen LogP contribution in [-0.2, 0) is 30.6 Å². The van der Waals surface area contributed by atoms with Crippen LogP contribution in [0.25, 0.3) is 5.65 Å². The fraction of sp³-hybridized carbons (Fsp3) is 0.280. The van der Waals surface area contributed by atoms with Crippen LogP contribution in [0, 0.1) is 11.3 Å². The highest BCUT2D eigenvalue weighted by Gasteiger charge is 2.54. The van der Waals surface area contributed by atoms with Gasteiger partial charge in [-0.1, -0.05) is 5.16 Å². The lowest BCUT2D eigenvalue weighted by Crippen LogP contribution is -2.71. The molecule has 0 bridgehead atoms. The van der Waals surface area contributed by atoms with E-state index in [4.69, 9.17) is 15.8 Å². The number of oxime groups is 1. The van der Waals surface area contributed by atoms with Gasteiger partial charge < -0.3 is 26.1 Å². The average Bonchev–Trinajstić information content (AvgIpc) is 3.56. The summed E-state index contributed by atoms with van der Waals surface area (Å²) in [6.45, 7) is 2.67. The number of thiazole rings is 1. The zero-order chi connectivity index (χ0) is 30.3. The number of fused-ring (bicyclic) bond motifs is 2. The minimum Gasteiger partial charge on any atom is -0.478 e. The third-order valence-corrected chi connectivity index (χ3v) is 8.56. The molecule has 15 nitrogen and oxygen atoms in total. The number of carboxylic acid groups (broad SMARTS) is 2. The van der Waals surface area contributed by atoms with Gasteiger partial charge in [0.1, 0.15) is 54.0 Å². The Hall–Kier alpha value is -4.95. The number of pyridine rings is 1. The predicted octanol–water partition coefficient (Wildman–Crippen LogP) is 0.160. The molecule has 5 heterocycles. The second-order valence-electron chi connectivity index (χ2n) is 9.76. The van der Waals surface area contributed by atoms with E-state index in [0.29, 0.717) is 11.1 Å². The summed E-state index contributed by atoms with van der Waals surface area (Å²) in [5.41, 5.74) is 5.06. The van der Waals surface area contributed by atoms with Crippen molar-refractivity contribution in [3.05, 3.63) is 58.6 Å². The number of β-lactam (4-membered cyclic amide) rings is 1. The summed E-state index contributed by atoms with van der Waals surface area (Å²) in [5, 5.41) is 35.6. The van der Waals surface area contributed by atoms with Gasteiger partial charge in [0.15, 0.2) is 10.8 Å². The number of hydrogen-bond donors (Lipinski definition) is 4. The monoisotopic (exact) mass is 611 g/mol. The number of aromatic nitrogens is 3. The molecule has 0 spiro atoms. The molecule has 0 radical (unpaired) electrons. The molecule has 5 N–H and O–H groups in total. The van der Waals surface area contributed by atoms with E-state index in [1.54, 1.807) is 35.1 Å². The molecule has 0 unspecified atom stereocenters. The topological polar surface area (TPSA) is 217 Å². The molecule has 0 aromatic carbocycles. The Morgan fingerprint density at radius 1 is 1.36 bits per heavy atom. The van der Waals surface area contributed by atoms with Gasteiger partial charge in [-0.15, -0.1) is 23.1 Å². The molecule has 17 heteroatoms. The summed E-state index contributed by atoms with van der Waals surface area (Å²) < 4.78 is 3.56. The first-order valence-corrected chi connectivity index (χ1v) is 14.2. The molecule has 2 amide bonds. The summed E-state index contributed by atoms with van der Waals surface area (Å²) in [4.78, 5) is 60.5. The quantitative estimate of drug-likeness (QED) is 0.111. The number of nitrogens with zero attached hydrogens (tertiary/aromatic N) is 6. The van der Waals surface area contributed by atoms with Gasteiger partial charge in [-0.05, 0) is 19.9 Å². The number of carboxylic acids is 2. The van der Waals surface area contributed by atoms with Crippen molar-refractivity contribution in [1.29, 1.82) is 5.26 Å². The maximum atomic E-state index is 13.2. The highest BCUT2D eigenvalue weighted by molar-refractivity contribution is 8.00. The van der Waals surface area contributed by atoms with Crippen molar-refractivity contribution < 1.29 is 38.8 Å². The van der Waals surface area contributed by atoms with Crippen LogP contribution in [0.1, 0.15) is 25.1 Å². The van der Waals surface area contributed by atoms with E-state index in [-0.39, 0.29) is 28.8 Å². The highest BCUT2D eigenvalue weighted by Crippen LogP contribution is 2.40. The summed E-state index contributed by atoms with van der Waals surface area (Å²) in [7, 11) is 0. The Labute approximate surface area is 245 Å². The van der Waals surface area contributed by atoms with Gasteiger partial charge in [-0.3, -0.25) is 14.5 Å². The van der Waals surface area contributed by atoms with E-state index in [1.807, 2.05) is 4.57 Å². The largest absolute Gasteiger partial charge is 0.478 e. The van der Waals surface area contributed by atoms with Gasteiger partial charge in [0.25, 0.3) is 17.5 Å². The van der Waals surface area contributed by atoms with Crippen molar-refractivity contribution >= 4 is 63.3 Å². The fourth-order valence-electron chi connectivity index (χ4n) is 4.32. The molecule has 3 aromatic heterocycles. The molecular formula is C25H23N8O7S2+. The van der Waals surface area contributed by atoms with E-state index in [0.717, 1.165) is 21.9 Å². The predicted molar refractivity (Wildman–Crippen MR) is 148 cm³/mol. The number of nitrogens with two attached hydrogens (primary N) is 1. The Morgan fingerprint density at radius 2 is 2.12 bits per heavy atom. The summed E-state index contributed by atoms with van der Waals surface area (Å²) in [5.74, 6) is -3.85. The first-order chi connectivity index (χ1) is 19.9. The molecule has 2 atom stereocenters. The Balaban J connectivity index is 1.37. The van der Waals surface area contributed by atoms with Crippen LogP contribution < -0.4 is 15.6 Å². The van der Waals surface area contributed by atoms with Gasteiger partial charge in [0.2, 0.25) is 5.60 Å². The second-order valence-corrected chi connectivity index (χ2v) is 11.8. The van der Waals surface area contributed by atoms with Crippen molar-refractivity contribution in [2.45, 2.75) is 37.4 Å². The number of amides is 2. The number of rotatable bonds is 9. The minimum absolute atomic E-state index is 0.0169. The van der Waals surface area contributed by atoms with Crippen molar-refractivity contribution in [2.75, 3.05) is 11.5 Å². The number of anilines is 1. The molecule has 2 aliphatic heterocycles. The number of nitrogen functional groups attached to an aromatic ring is 1. The molecule has 1 saturated heterocycles. The Morgan fingerprint density at radius 3 is 2.76 bits per heavy atom. The normalized spacial score (nSPS) is 18.7. The van der Waals surface area contributed by atoms with Crippen LogP contribution in [0.4, 0.5) is 5.13 Å². The molecular weight excluding hydrogens is 588 g/mol. The van der Waals surface area contributed by atoms with E-state index >= 15 is 0 Å². The number of carbonyl (C=O) groups excluding carboxylic acids is 2. The number of nitriles is 1. The molecule has 0 aliphatic carbocycles. The van der Waals surface area contributed by atoms with Crippen LogP contribution >= 0.6 is 23.1 Å². The number of aliphatic carboxylic acids is 2. The third-order valence-electron chi connectivity index (χ3n) is 6.54. The van der Waals surface area contributed by atoms with Gasteiger partial charge in [0.05, 0.1) is 5.56 Å². The van der Waals surface area contributed by atoms with Crippen LogP contribution in [-0.4, -0.2) is 76.7 Å². The first-order valence-electron chi connectivity index (χ1n) is 12.2. The molecule has 42 heavy (non-hydrogen) atoms. The smallest absolute Gasteiger partial charge is 0.352 e. The lowest BCUT2D eigenvalue weighted by molar-refractivity contribution is -0.662.